The smallest absolute Gasteiger partial charge is 0.230 e. The molecule has 1 aliphatic rings. The molecule has 0 bridgehead atoms. The second-order valence-electron chi connectivity index (χ2n) is 6.87. The highest BCUT2D eigenvalue weighted by atomic mass is 32.1. The summed E-state index contributed by atoms with van der Waals surface area (Å²) in [6.07, 6.45) is 0. The molecule has 3 nitrogen and oxygen atoms in total. The van der Waals surface area contributed by atoms with E-state index in [9.17, 15) is 4.79 Å². The molecule has 0 spiro atoms. The summed E-state index contributed by atoms with van der Waals surface area (Å²) in [5.74, 6) is 0.275. The third-order valence-electron chi connectivity index (χ3n) is 5.06. The molecule has 1 unspecified atom stereocenters. The van der Waals surface area contributed by atoms with Gasteiger partial charge in [-0.3, -0.25) is 4.79 Å². The van der Waals surface area contributed by atoms with Crippen LogP contribution in [0.25, 0.3) is 0 Å². The van der Waals surface area contributed by atoms with Gasteiger partial charge in [-0.2, -0.15) is 0 Å². The van der Waals surface area contributed by atoms with Crippen LogP contribution in [-0.2, 0) is 4.79 Å². The van der Waals surface area contributed by atoms with Crippen LogP contribution in [-0.4, -0.2) is 17.4 Å². The van der Waals surface area contributed by atoms with Gasteiger partial charge in [-0.15, -0.1) is 0 Å². The minimum absolute atomic E-state index is 0.0315. The first-order valence-corrected chi connectivity index (χ1v) is 7.01. The Balaban J connectivity index is 2.55. The van der Waals surface area contributed by atoms with Crippen molar-refractivity contribution in [2.24, 2.45) is 34.3 Å². The Bertz CT molecular complexity index is 347. The van der Waals surface area contributed by atoms with E-state index in [1.54, 1.807) is 0 Å². The van der Waals surface area contributed by atoms with E-state index in [0.717, 1.165) is 0 Å². The van der Waals surface area contributed by atoms with E-state index in [2.05, 4.69) is 33.0 Å². The molecule has 0 aromatic heterocycles. The highest BCUT2D eigenvalue weighted by molar-refractivity contribution is 7.80. The summed E-state index contributed by atoms with van der Waals surface area (Å²) in [4.78, 5) is 12.4. The predicted molar refractivity (Wildman–Crippen MR) is 79.2 cm³/mol. The minimum atomic E-state index is -0.357. The second-order valence-corrected chi connectivity index (χ2v) is 7.34. The molecule has 1 rings (SSSR count). The molecule has 18 heavy (non-hydrogen) atoms. The SMILES string of the molecule is CC(C)C(C(=O)NCC1C(C)(C)C1(C)C)C(N)=S. The number of carbonyl (C=O) groups is 1. The Morgan fingerprint density at radius 2 is 1.72 bits per heavy atom. The number of rotatable bonds is 5. The van der Waals surface area contributed by atoms with Crippen molar-refractivity contribution >= 4 is 23.1 Å². The fourth-order valence-electron chi connectivity index (χ4n) is 2.92. The molecule has 1 atom stereocenters. The van der Waals surface area contributed by atoms with Crippen LogP contribution in [0.4, 0.5) is 0 Å². The van der Waals surface area contributed by atoms with Crippen molar-refractivity contribution < 1.29 is 4.79 Å². The standard InChI is InChI=1S/C14H26N2OS/c1-8(2)10(11(15)18)12(17)16-7-9-13(3,4)14(9,5)6/h8-10H,7H2,1-6H3,(H2,15,18)(H,16,17). The minimum Gasteiger partial charge on any atom is -0.393 e. The number of carbonyl (C=O) groups excluding carboxylic acids is 1. The zero-order chi connectivity index (χ0) is 14.3. The molecule has 1 saturated carbocycles. The van der Waals surface area contributed by atoms with Crippen LogP contribution in [0.1, 0.15) is 41.5 Å². The Morgan fingerprint density at radius 3 is 2.00 bits per heavy atom. The molecule has 3 N–H and O–H groups in total. The molecule has 0 saturated heterocycles. The summed E-state index contributed by atoms with van der Waals surface area (Å²) in [5.41, 5.74) is 6.21. The highest BCUT2D eigenvalue weighted by Gasteiger charge is 2.64. The van der Waals surface area contributed by atoms with Crippen molar-refractivity contribution in [2.75, 3.05) is 6.54 Å². The van der Waals surface area contributed by atoms with E-state index in [4.69, 9.17) is 18.0 Å². The fourth-order valence-corrected chi connectivity index (χ4v) is 3.30. The van der Waals surface area contributed by atoms with Crippen LogP contribution in [0.3, 0.4) is 0 Å². The summed E-state index contributed by atoms with van der Waals surface area (Å²) < 4.78 is 0. The van der Waals surface area contributed by atoms with Crippen LogP contribution >= 0.6 is 12.2 Å². The van der Waals surface area contributed by atoms with Crippen LogP contribution in [0, 0.1) is 28.6 Å². The molecule has 0 heterocycles. The van der Waals surface area contributed by atoms with E-state index in [1.165, 1.54) is 0 Å². The monoisotopic (exact) mass is 270 g/mol. The summed E-state index contributed by atoms with van der Waals surface area (Å²) in [6.45, 7) is 13.6. The molecular weight excluding hydrogens is 244 g/mol. The molecule has 0 aliphatic heterocycles. The van der Waals surface area contributed by atoms with Gasteiger partial charge in [0.05, 0.1) is 10.9 Å². The highest BCUT2D eigenvalue weighted by Crippen LogP contribution is 2.67. The van der Waals surface area contributed by atoms with E-state index >= 15 is 0 Å². The molecule has 0 radical (unpaired) electrons. The Morgan fingerprint density at radius 1 is 1.28 bits per heavy atom. The summed E-state index contributed by atoms with van der Waals surface area (Å²) in [5, 5.41) is 3.01. The van der Waals surface area contributed by atoms with Crippen molar-refractivity contribution in [3.8, 4) is 0 Å². The first-order chi connectivity index (χ1) is 8.03. The number of nitrogens with one attached hydrogen (secondary N) is 1. The Hall–Kier alpha value is -0.640. The quantitative estimate of drug-likeness (QED) is 0.754. The van der Waals surface area contributed by atoms with Crippen LogP contribution in [0.5, 0.6) is 0 Å². The zero-order valence-corrected chi connectivity index (χ0v) is 13.1. The lowest BCUT2D eigenvalue weighted by atomic mass is 9.95. The van der Waals surface area contributed by atoms with Crippen molar-refractivity contribution in [1.82, 2.24) is 5.32 Å². The van der Waals surface area contributed by atoms with Crippen molar-refractivity contribution in [3.05, 3.63) is 0 Å². The van der Waals surface area contributed by atoms with Gasteiger partial charge < -0.3 is 11.1 Å². The van der Waals surface area contributed by atoms with Gasteiger partial charge in [0, 0.05) is 6.54 Å². The van der Waals surface area contributed by atoms with E-state index in [0.29, 0.717) is 12.5 Å². The van der Waals surface area contributed by atoms with Gasteiger partial charge in [0.1, 0.15) is 0 Å². The van der Waals surface area contributed by atoms with E-state index in [1.807, 2.05) is 13.8 Å². The average Bonchev–Trinajstić information content (AvgIpc) is 2.53. The molecule has 1 amide bonds. The van der Waals surface area contributed by atoms with E-state index < -0.39 is 0 Å². The maximum Gasteiger partial charge on any atom is 0.230 e. The number of hydrogen-bond donors (Lipinski definition) is 2. The Labute approximate surface area is 116 Å². The molecule has 1 fully saturated rings. The summed E-state index contributed by atoms with van der Waals surface area (Å²) in [7, 11) is 0. The maximum absolute atomic E-state index is 12.1. The number of nitrogens with two attached hydrogens (primary N) is 1. The average molecular weight is 270 g/mol. The lowest BCUT2D eigenvalue weighted by Crippen LogP contribution is -2.41. The van der Waals surface area contributed by atoms with Gasteiger partial charge in [-0.25, -0.2) is 0 Å². The van der Waals surface area contributed by atoms with Gasteiger partial charge >= 0.3 is 0 Å². The molecule has 1 aliphatic carbocycles. The summed E-state index contributed by atoms with van der Waals surface area (Å²) >= 11 is 4.97. The summed E-state index contributed by atoms with van der Waals surface area (Å²) in [6, 6.07) is 0. The lowest BCUT2D eigenvalue weighted by molar-refractivity contribution is -0.124. The van der Waals surface area contributed by atoms with Crippen LogP contribution in [0.15, 0.2) is 0 Å². The fraction of sp³-hybridized carbons (Fsp3) is 0.857. The van der Waals surface area contributed by atoms with Crippen LogP contribution in [0.2, 0.25) is 0 Å². The first kappa shape index (κ1) is 15.4. The molecule has 0 aromatic carbocycles. The maximum atomic E-state index is 12.1. The third-order valence-corrected chi connectivity index (χ3v) is 5.31. The molecule has 0 aromatic rings. The van der Waals surface area contributed by atoms with Gasteiger partial charge in [0.2, 0.25) is 5.91 Å². The molecule has 104 valence electrons. The molecule has 4 heteroatoms. The van der Waals surface area contributed by atoms with Gasteiger partial charge in [-0.05, 0) is 22.7 Å². The van der Waals surface area contributed by atoms with E-state index in [-0.39, 0.29) is 33.6 Å². The number of hydrogen-bond acceptors (Lipinski definition) is 2. The third kappa shape index (κ3) is 2.53. The van der Waals surface area contributed by atoms with Gasteiger partial charge in [-0.1, -0.05) is 53.8 Å². The normalized spacial score (nSPS) is 22.6. The first-order valence-electron chi connectivity index (χ1n) is 6.60. The van der Waals surface area contributed by atoms with Crippen molar-refractivity contribution in [2.45, 2.75) is 41.5 Å². The number of amides is 1. The van der Waals surface area contributed by atoms with Gasteiger partial charge in [0.25, 0.3) is 0 Å². The Kier molecular flexibility index (Phi) is 4.11. The number of thiocarbonyl (C=S) groups is 1. The molecular formula is C14H26N2OS. The van der Waals surface area contributed by atoms with Crippen molar-refractivity contribution in [1.29, 1.82) is 0 Å². The predicted octanol–water partition coefficient (Wildman–Crippen LogP) is 2.34. The second kappa shape index (κ2) is 4.80. The topological polar surface area (TPSA) is 55.1 Å². The zero-order valence-electron chi connectivity index (χ0n) is 12.3. The lowest BCUT2D eigenvalue weighted by Gasteiger charge is -2.19. The largest absolute Gasteiger partial charge is 0.393 e. The van der Waals surface area contributed by atoms with Gasteiger partial charge in [0.15, 0.2) is 0 Å². The van der Waals surface area contributed by atoms with Crippen molar-refractivity contribution in [3.63, 3.8) is 0 Å². The van der Waals surface area contributed by atoms with Crippen LogP contribution < -0.4 is 11.1 Å².